The number of aromatic nitrogens is 1. The first-order chi connectivity index (χ1) is 17.4. The number of carbonyl (C=O) groups excluding carboxylic acids is 1. The van der Waals surface area contributed by atoms with Gasteiger partial charge in [0.05, 0.1) is 33.0 Å². The maximum absolute atomic E-state index is 13.5. The fourth-order valence-corrected chi connectivity index (χ4v) is 5.66. The molecule has 184 valence electrons. The Hall–Kier alpha value is -4.18. The number of carbonyl (C=O) groups is 1. The predicted octanol–water partition coefficient (Wildman–Crippen LogP) is 4.42. The summed E-state index contributed by atoms with van der Waals surface area (Å²) in [6.45, 7) is 5.73. The number of nitro benzene ring substituents is 2. The van der Waals surface area contributed by atoms with Crippen molar-refractivity contribution >= 4 is 28.2 Å². The van der Waals surface area contributed by atoms with Crippen molar-refractivity contribution in [2.24, 2.45) is 11.8 Å². The fourth-order valence-electron chi connectivity index (χ4n) is 5.66. The molecule has 36 heavy (non-hydrogen) atoms. The topological polar surface area (TPSA) is 132 Å². The maximum atomic E-state index is 13.5. The van der Waals surface area contributed by atoms with E-state index in [0.717, 1.165) is 60.6 Å². The van der Waals surface area contributed by atoms with Crippen LogP contribution in [0.4, 0.5) is 11.4 Å². The molecule has 3 saturated heterocycles. The quantitative estimate of drug-likeness (QED) is 0.296. The van der Waals surface area contributed by atoms with Crippen molar-refractivity contribution in [2.45, 2.75) is 24.9 Å². The average molecular weight is 488 g/mol. The van der Waals surface area contributed by atoms with E-state index in [2.05, 4.69) is 21.8 Å². The van der Waals surface area contributed by atoms with Crippen LogP contribution in [0.1, 0.15) is 34.8 Å². The zero-order chi connectivity index (χ0) is 25.4. The van der Waals surface area contributed by atoms with Gasteiger partial charge in [-0.3, -0.25) is 34.9 Å². The minimum atomic E-state index is -0.737. The molecule has 3 aliphatic rings. The fraction of sp³-hybridized carbons (Fsp3) is 0.308. The van der Waals surface area contributed by atoms with Crippen LogP contribution in [0.5, 0.6) is 0 Å². The number of piperidine rings is 3. The highest BCUT2D eigenvalue weighted by atomic mass is 16.6. The lowest BCUT2D eigenvalue weighted by Gasteiger charge is -2.51. The van der Waals surface area contributed by atoms with E-state index in [9.17, 15) is 25.0 Å². The van der Waals surface area contributed by atoms with E-state index in [4.69, 9.17) is 0 Å². The molecule has 3 aromatic rings. The molecule has 2 bridgehead atoms. The number of hydrogen-bond donors (Lipinski definition) is 1. The second-order valence-corrected chi connectivity index (χ2v) is 9.37. The Morgan fingerprint density at radius 1 is 1.14 bits per heavy atom. The van der Waals surface area contributed by atoms with E-state index in [0.29, 0.717) is 11.8 Å². The molecule has 3 fully saturated rings. The van der Waals surface area contributed by atoms with Crippen molar-refractivity contribution in [3.05, 3.63) is 98.7 Å². The molecule has 1 amide bonds. The van der Waals surface area contributed by atoms with Crippen LogP contribution in [-0.2, 0) is 0 Å². The molecular weight excluding hydrogens is 462 g/mol. The van der Waals surface area contributed by atoms with Gasteiger partial charge in [-0.25, -0.2) is 0 Å². The van der Waals surface area contributed by atoms with Crippen LogP contribution in [0.2, 0.25) is 0 Å². The molecule has 1 unspecified atom stereocenters. The summed E-state index contributed by atoms with van der Waals surface area (Å²) in [6, 6.07) is 12.1. The van der Waals surface area contributed by atoms with Crippen LogP contribution in [0.15, 0.2) is 67.4 Å². The minimum Gasteiger partial charge on any atom is -0.344 e. The first-order valence-electron chi connectivity index (χ1n) is 11.8. The van der Waals surface area contributed by atoms with Gasteiger partial charge in [0.2, 0.25) is 0 Å². The largest absolute Gasteiger partial charge is 0.344 e. The summed E-state index contributed by atoms with van der Waals surface area (Å²) in [5, 5.41) is 26.7. The number of amides is 1. The molecule has 3 aliphatic heterocycles. The molecule has 0 spiro atoms. The summed E-state index contributed by atoms with van der Waals surface area (Å²) in [5.41, 5.74) is 0.546. The second-order valence-electron chi connectivity index (χ2n) is 9.37. The smallest absolute Gasteiger partial charge is 0.277 e. The van der Waals surface area contributed by atoms with Crippen molar-refractivity contribution in [3.63, 3.8) is 0 Å². The first kappa shape index (κ1) is 23.6. The van der Waals surface area contributed by atoms with E-state index in [-0.39, 0.29) is 11.6 Å². The number of nitrogens with zero attached hydrogens (tertiary/aromatic N) is 4. The van der Waals surface area contributed by atoms with Gasteiger partial charge in [0, 0.05) is 36.3 Å². The number of hydrogen-bond acceptors (Lipinski definition) is 7. The van der Waals surface area contributed by atoms with Crippen LogP contribution in [0, 0.1) is 32.1 Å². The number of nitro groups is 2. The normalized spacial score (nSPS) is 23.7. The van der Waals surface area contributed by atoms with Gasteiger partial charge in [-0.1, -0.05) is 24.3 Å². The highest BCUT2D eigenvalue weighted by Gasteiger charge is 2.43. The lowest BCUT2D eigenvalue weighted by molar-refractivity contribution is -0.394. The molecule has 0 saturated carbocycles. The maximum Gasteiger partial charge on any atom is 0.277 e. The van der Waals surface area contributed by atoms with Gasteiger partial charge in [0.25, 0.3) is 17.3 Å². The molecular formula is C26H25N5O5. The number of non-ortho nitro benzene ring substituents is 2. The van der Waals surface area contributed by atoms with Crippen LogP contribution in [0.3, 0.4) is 0 Å². The summed E-state index contributed by atoms with van der Waals surface area (Å²) < 4.78 is 0. The Labute approximate surface area is 206 Å². The second kappa shape index (κ2) is 9.46. The highest BCUT2D eigenvalue weighted by Crippen LogP contribution is 2.42. The van der Waals surface area contributed by atoms with E-state index in [1.54, 1.807) is 6.20 Å². The van der Waals surface area contributed by atoms with Crippen LogP contribution in [-0.4, -0.2) is 44.8 Å². The van der Waals surface area contributed by atoms with E-state index in [1.165, 1.54) is 0 Å². The van der Waals surface area contributed by atoms with Crippen molar-refractivity contribution < 1.29 is 14.6 Å². The van der Waals surface area contributed by atoms with Gasteiger partial charge in [-0.2, -0.15) is 0 Å². The predicted molar refractivity (Wildman–Crippen MR) is 133 cm³/mol. The minimum absolute atomic E-state index is 0.0107. The third-order valence-electron chi connectivity index (χ3n) is 7.43. The number of para-hydroxylation sites is 1. The van der Waals surface area contributed by atoms with Crippen LogP contribution < -0.4 is 5.32 Å². The molecule has 4 heterocycles. The van der Waals surface area contributed by atoms with Crippen molar-refractivity contribution in [1.82, 2.24) is 15.2 Å². The Morgan fingerprint density at radius 3 is 2.50 bits per heavy atom. The highest BCUT2D eigenvalue weighted by molar-refractivity contribution is 5.96. The zero-order valence-electron chi connectivity index (χ0n) is 19.4. The van der Waals surface area contributed by atoms with Gasteiger partial charge in [0.15, 0.2) is 0 Å². The lowest BCUT2D eigenvalue weighted by Crippen LogP contribution is -2.57. The summed E-state index contributed by atoms with van der Waals surface area (Å²) in [5.74, 6) is 0.236. The molecule has 10 nitrogen and oxygen atoms in total. The Bertz CT molecular complexity index is 1340. The number of rotatable bonds is 7. The van der Waals surface area contributed by atoms with Crippen LogP contribution in [0.25, 0.3) is 10.9 Å². The number of benzene rings is 2. The molecule has 0 aliphatic carbocycles. The Balaban J connectivity index is 1.56. The molecule has 6 rings (SSSR count). The molecule has 5 atom stereocenters. The molecule has 2 aromatic carbocycles. The third-order valence-corrected chi connectivity index (χ3v) is 7.43. The lowest BCUT2D eigenvalue weighted by atomic mass is 9.73. The standard InChI is InChI=1S/C26H25N5O5/c1-2-16-15-29-10-8-17(16)13-24(29)25(22-7-9-27-23-6-4-3-5-21(22)23)28-26(32)18-11-19(30(33)34)14-20(12-18)31(35)36/h2-7,9,11-12,14,16-17,24-25H,1,8,10,13,15H2,(H,28,32)/t16-,17-,24+,25+/m0/s1. The molecule has 1 aromatic heterocycles. The van der Waals surface area contributed by atoms with Crippen molar-refractivity contribution in [1.29, 1.82) is 0 Å². The van der Waals surface area contributed by atoms with Crippen LogP contribution >= 0.6 is 0 Å². The number of nitrogens with one attached hydrogen (secondary N) is 1. The number of pyridine rings is 1. The van der Waals surface area contributed by atoms with Gasteiger partial charge < -0.3 is 5.32 Å². The number of fused-ring (bicyclic) bond motifs is 4. The monoisotopic (exact) mass is 487 g/mol. The average Bonchev–Trinajstić information content (AvgIpc) is 2.91. The Kier molecular flexibility index (Phi) is 6.19. The van der Waals surface area contributed by atoms with Crippen molar-refractivity contribution in [2.75, 3.05) is 13.1 Å². The van der Waals surface area contributed by atoms with E-state index < -0.39 is 33.2 Å². The molecule has 1 N–H and O–H groups in total. The van der Waals surface area contributed by atoms with Gasteiger partial charge >= 0.3 is 0 Å². The van der Waals surface area contributed by atoms with E-state index in [1.807, 2.05) is 36.4 Å². The SMILES string of the molecule is C=C[C@H]1CN2CC[C@H]1C[C@@H]2[C@H](NC(=O)c1cc([N+](=O)[O-])cc([N+](=O)[O-])c1)c1ccnc2ccccc12. The molecule has 10 heteroatoms. The Morgan fingerprint density at radius 2 is 1.86 bits per heavy atom. The van der Waals surface area contributed by atoms with Gasteiger partial charge in [0.1, 0.15) is 0 Å². The van der Waals surface area contributed by atoms with Crippen molar-refractivity contribution in [3.8, 4) is 0 Å². The summed E-state index contributed by atoms with van der Waals surface area (Å²) in [4.78, 5) is 41.5. The summed E-state index contributed by atoms with van der Waals surface area (Å²) >= 11 is 0. The molecule has 0 radical (unpaired) electrons. The van der Waals surface area contributed by atoms with Gasteiger partial charge in [-0.15, -0.1) is 6.58 Å². The van der Waals surface area contributed by atoms with E-state index >= 15 is 0 Å². The summed E-state index contributed by atoms with van der Waals surface area (Å²) in [7, 11) is 0. The zero-order valence-corrected chi connectivity index (χ0v) is 19.4. The van der Waals surface area contributed by atoms with Gasteiger partial charge in [-0.05, 0) is 48.9 Å². The first-order valence-corrected chi connectivity index (χ1v) is 11.8. The summed E-state index contributed by atoms with van der Waals surface area (Å²) in [6.07, 6.45) is 5.62. The third kappa shape index (κ3) is 4.31.